The van der Waals surface area contributed by atoms with Crippen LogP contribution in [0.1, 0.15) is 56.1 Å². The number of hydrogen-bond donors (Lipinski definition) is 0. The molecule has 0 spiro atoms. The van der Waals surface area contributed by atoms with Gasteiger partial charge in [0.2, 0.25) is 0 Å². The minimum absolute atomic E-state index is 0.0723. The Kier molecular flexibility index (Phi) is 4.14. The summed E-state index contributed by atoms with van der Waals surface area (Å²) in [5.41, 5.74) is 1.53. The number of amides is 1. The number of nitrogens with zero attached hydrogens (tertiary/aromatic N) is 2. The van der Waals surface area contributed by atoms with E-state index in [2.05, 4.69) is 18.8 Å². The predicted molar refractivity (Wildman–Crippen MR) is 77.6 cm³/mol. The fraction of sp³-hybridized carbons (Fsp3) is 0.600. The maximum absolute atomic E-state index is 12.6. The van der Waals surface area contributed by atoms with Gasteiger partial charge in [-0.05, 0) is 37.3 Å². The Morgan fingerprint density at radius 3 is 2.63 bits per heavy atom. The number of carbonyl (C=O) groups is 1. The largest absolute Gasteiger partial charge is 0.336 e. The molecule has 0 N–H and O–H groups in total. The van der Waals surface area contributed by atoms with Crippen LogP contribution in [0.15, 0.2) is 12.1 Å². The van der Waals surface area contributed by atoms with Gasteiger partial charge in [0.25, 0.3) is 5.91 Å². The van der Waals surface area contributed by atoms with Crippen molar-refractivity contribution in [1.82, 2.24) is 9.88 Å². The van der Waals surface area contributed by atoms with Crippen molar-refractivity contribution in [3.8, 4) is 0 Å². The SMILES string of the molecule is CC1CC(C)N(C(=O)c2cc(Cl)nc(C(C)C)c2)C1. The molecule has 1 aromatic rings. The Labute approximate surface area is 120 Å². The van der Waals surface area contributed by atoms with E-state index in [-0.39, 0.29) is 11.8 Å². The number of aromatic nitrogens is 1. The predicted octanol–water partition coefficient (Wildman–Crippen LogP) is 3.73. The maximum atomic E-state index is 12.6. The summed E-state index contributed by atoms with van der Waals surface area (Å²) in [5, 5.41) is 0.398. The first-order valence-corrected chi connectivity index (χ1v) is 7.24. The van der Waals surface area contributed by atoms with Crippen molar-refractivity contribution < 1.29 is 4.79 Å². The van der Waals surface area contributed by atoms with E-state index in [4.69, 9.17) is 11.6 Å². The van der Waals surface area contributed by atoms with Crippen LogP contribution in [0.5, 0.6) is 0 Å². The van der Waals surface area contributed by atoms with Gasteiger partial charge in [-0.25, -0.2) is 4.98 Å². The first-order chi connectivity index (χ1) is 8.88. The lowest BCUT2D eigenvalue weighted by Gasteiger charge is -2.22. The number of rotatable bonds is 2. The average Bonchev–Trinajstić information content (AvgIpc) is 2.66. The van der Waals surface area contributed by atoms with Gasteiger partial charge in [-0.2, -0.15) is 0 Å². The van der Waals surface area contributed by atoms with Crippen molar-refractivity contribution in [2.24, 2.45) is 5.92 Å². The summed E-state index contributed by atoms with van der Waals surface area (Å²) in [6.07, 6.45) is 1.07. The molecular weight excluding hydrogens is 260 g/mol. The van der Waals surface area contributed by atoms with Crippen LogP contribution >= 0.6 is 11.6 Å². The Hall–Kier alpha value is -1.09. The molecule has 2 heterocycles. The molecule has 2 atom stereocenters. The topological polar surface area (TPSA) is 33.2 Å². The van der Waals surface area contributed by atoms with Crippen LogP contribution < -0.4 is 0 Å². The van der Waals surface area contributed by atoms with Crippen LogP contribution in [0.2, 0.25) is 5.15 Å². The van der Waals surface area contributed by atoms with Gasteiger partial charge in [0.15, 0.2) is 0 Å². The van der Waals surface area contributed by atoms with Gasteiger partial charge < -0.3 is 4.90 Å². The summed E-state index contributed by atoms with van der Waals surface area (Å²) >= 11 is 6.03. The van der Waals surface area contributed by atoms with Crippen LogP contribution in [0.25, 0.3) is 0 Å². The summed E-state index contributed by atoms with van der Waals surface area (Å²) in [6.45, 7) is 9.22. The molecule has 0 aromatic carbocycles. The summed E-state index contributed by atoms with van der Waals surface area (Å²) in [4.78, 5) is 18.8. The van der Waals surface area contributed by atoms with Gasteiger partial charge in [-0.3, -0.25) is 4.79 Å². The quantitative estimate of drug-likeness (QED) is 0.774. The summed E-state index contributed by atoms with van der Waals surface area (Å²) in [6, 6.07) is 3.84. The van der Waals surface area contributed by atoms with Gasteiger partial charge in [-0.1, -0.05) is 32.4 Å². The summed E-state index contributed by atoms with van der Waals surface area (Å²) < 4.78 is 0. The Morgan fingerprint density at radius 1 is 1.42 bits per heavy atom. The smallest absolute Gasteiger partial charge is 0.254 e. The standard InChI is InChI=1S/C15H21ClN2O/c1-9(2)13-6-12(7-14(16)17-13)15(19)18-8-10(3)5-11(18)4/h6-7,9-11H,5,8H2,1-4H3. The lowest BCUT2D eigenvalue weighted by Crippen LogP contribution is -2.34. The zero-order valence-electron chi connectivity index (χ0n) is 12.0. The fourth-order valence-corrected chi connectivity index (χ4v) is 2.90. The molecule has 1 fully saturated rings. The molecule has 104 valence electrons. The third-order valence-electron chi connectivity index (χ3n) is 3.70. The molecule has 0 radical (unpaired) electrons. The van der Waals surface area contributed by atoms with Crippen LogP contribution in [0, 0.1) is 5.92 Å². The van der Waals surface area contributed by atoms with E-state index in [1.165, 1.54) is 0 Å². The van der Waals surface area contributed by atoms with Gasteiger partial charge in [0.05, 0.1) is 0 Å². The molecule has 2 unspecified atom stereocenters. The first kappa shape index (κ1) is 14.3. The van der Waals surface area contributed by atoms with Crippen molar-refractivity contribution in [2.75, 3.05) is 6.54 Å². The number of hydrogen-bond acceptors (Lipinski definition) is 2. The monoisotopic (exact) mass is 280 g/mol. The minimum atomic E-state index is 0.0723. The highest BCUT2D eigenvalue weighted by Crippen LogP contribution is 2.26. The molecule has 1 saturated heterocycles. The third-order valence-corrected chi connectivity index (χ3v) is 3.89. The molecule has 0 aliphatic carbocycles. The zero-order valence-corrected chi connectivity index (χ0v) is 12.7. The molecule has 1 aromatic heterocycles. The molecule has 2 rings (SSSR count). The molecule has 3 nitrogen and oxygen atoms in total. The second-order valence-electron chi connectivity index (χ2n) is 5.91. The van der Waals surface area contributed by atoms with Crippen LogP contribution in [-0.2, 0) is 0 Å². The van der Waals surface area contributed by atoms with Gasteiger partial charge in [0, 0.05) is 23.8 Å². The van der Waals surface area contributed by atoms with Crippen molar-refractivity contribution in [3.05, 3.63) is 28.5 Å². The molecule has 19 heavy (non-hydrogen) atoms. The Morgan fingerprint density at radius 2 is 2.11 bits per heavy atom. The van der Waals surface area contributed by atoms with Crippen molar-refractivity contribution in [1.29, 1.82) is 0 Å². The van der Waals surface area contributed by atoms with Crippen LogP contribution in [-0.4, -0.2) is 28.4 Å². The highest BCUT2D eigenvalue weighted by atomic mass is 35.5. The third kappa shape index (κ3) is 3.08. The molecule has 0 saturated carbocycles. The average molecular weight is 281 g/mol. The second-order valence-corrected chi connectivity index (χ2v) is 6.29. The lowest BCUT2D eigenvalue weighted by atomic mass is 10.1. The van der Waals surface area contributed by atoms with Crippen LogP contribution in [0.3, 0.4) is 0 Å². The van der Waals surface area contributed by atoms with Crippen LogP contribution in [0.4, 0.5) is 0 Å². The van der Waals surface area contributed by atoms with Gasteiger partial charge >= 0.3 is 0 Å². The first-order valence-electron chi connectivity index (χ1n) is 6.87. The van der Waals surface area contributed by atoms with Crippen molar-refractivity contribution in [2.45, 2.75) is 46.1 Å². The normalized spacial score (nSPS) is 23.2. The number of pyridine rings is 1. The summed E-state index contributed by atoms with van der Waals surface area (Å²) in [7, 11) is 0. The van der Waals surface area contributed by atoms with E-state index in [1.54, 1.807) is 6.07 Å². The molecule has 1 amide bonds. The number of carbonyl (C=O) groups excluding carboxylic acids is 1. The van der Waals surface area contributed by atoms with E-state index in [1.807, 2.05) is 24.8 Å². The zero-order chi connectivity index (χ0) is 14.2. The Balaban J connectivity index is 2.29. The number of likely N-dealkylation sites (tertiary alicyclic amines) is 1. The fourth-order valence-electron chi connectivity index (χ4n) is 2.69. The van der Waals surface area contributed by atoms with Gasteiger partial charge in [-0.15, -0.1) is 0 Å². The second kappa shape index (κ2) is 5.49. The van der Waals surface area contributed by atoms with E-state index in [0.29, 0.717) is 22.7 Å². The highest BCUT2D eigenvalue weighted by molar-refractivity contribution is 6.29. The maximum Gasteiger partial charge on any atom is 0.254 e. The number of halogens is 1. The molecule has 4 heteroatoms. The molecule has 0 bridgehead atoms. The van der Waals surface area contributed by atoms with E-state index < -0.39 is 0 Å². The van der Waals surface area contributed by atoms with E-state index in [9.17, 15) is 4.79 Å². The summed E-state index contributed by atoms with van der Waals surface area (Å²) in [5.74, 6) is 0.907. The van der Waals surface area contributed by atoms with E-state index >= 15 is 0 Å². The molecule has 1 aliphatic rings. The molecule has 1 aliphatic heterocycles. The molecular formula is C15H21ClN2O. The highest BCUT2D eigenvalue weighted by Gasteiger charge is 2.30. The van der Waals surface area contributed by atoms with Crippen molar-refractivity contribution >= 4 is 17.5 Å². The minimum Gasteiger partial charge on any atom is -0.336 e. The Bertz CT molecular complexity index is 487. The van der Waals surface area contributed by atoms with E-state index in [0.717, 1.165) is 18.7 Å². The van der Waals surface area contributed by atoms with Crippen molar-refractivity contribution in [3.63, 3.8) is 0 Å². The van der Waals surface area contributed by atoms with Gasteiger partial charge in [0.1, 0.15) is 5.15 Å². The lowest BCUT2D eigenvalue weighted by molar-refractivity contribution is 0.0743.